The van der Waals surface area contributed by atoms with E-state index in [-0.39, 0.29) is 24.5 Å². The number of benzene rings is 2. The summed E-state index contributed by atoms with van der Waals surface area (Å²) < 4.78 is 7.22. The molecule has 1 aromatic heterocycles. The van der Waals surface area contributed by atoms with E-state index in [0.717, 1.165) is 35.0 Å². The topological polar surface area (TPSA) is 66.8 Å². The van der Waals surface area contributed by atoms with Crippen LogP contribution in [0.4, 0.5) is 10.5 Å². The van der Waals surface area contributed by atoms with Crippen molar-refractivity contribution < 1.29 is 14.3 Å². The summed E-state index contributed by atoms with van der Waals surface area (Å²) in [7, 11) is 3.57. The molecule has 0 aliphatic heterocycles. The highest BCUT2D eigenvalue weighted by molar-refractivity contribution is 6.02. The van der Waals surface area contributed by atoms with Crippen LogP contribution in [0.15, 0.2) is 60.8 Å². The largest absolute Gasteiger partial charge is 0.383 e. The van der Waals surface area contributed by atoms with E-state index < -0.39 is 0 Å². The second-order valence-electron chi connectivity index (χ2n) is 8.23. The van der Waals surface area contributed by atoms with Gasteiger partial charge in [0.25, 0.3) is 0 Å². The minimum Gasteiger partial charge on any atom is -0.383 e. The van der Waals surface area contributed by atoms with Crippen molar-refractivity contribution in [3.05, 3.63) is 66.5 Å². The number of methoxy groups -OCH3 is 1. The summed E-state index contributed by atoms with van der Waals surface area (Å²) in [5, 5.41) is 5.01. The summed E-state index contributed by atoms with van der Waals surface area (Å²) in [4.78, 5) is 29.9. The number of aryl methyl sites for hydroxylation is 1. The zero-order valence-corrected chi connectivity index (χ0v) is 18.7. The average Bonchev–Trinajstić information content (AvgIpc) is 3.56. The van der Waals surface area contributed by atoms with E-state index in [9.17, 15) is 9.59 Å². The van der Waals surface area contributed by atoms with Gasteiger partial charge in [0, 0.05) is 44.0 Å². The zero-order valence-electron chi connectivity index (χ0n) is 18.7. The Balaban J connectivity index is 1.48. The molecule has 1 fully saturated rings. The fourth-order valence-corrected chi connectivity index (χ4v) is 3.88. The number of ether oxygens (including phenoxy) is 1. The Kier molecular flexibility index (Phi) is 6.75. The molecule has 0 unspecified atom stereocenters. The van der Waals surface area contributed by atoms with E-state index in [1.165, 1.54) is 4.90 Å². The summed E-state index contributed by atoms with van der Waals surface area (Å²) >= 11 is 0. The molecule has 1 saturated carbocycles. The summed E-state index contributed by atoms with van der Waals surface area (Å²) in [5.74, 6) is -0.0436. The number of hydrogen-bond donors (Lipinski definition) is 1. The van der Waals surface area contributed by atoms with Crippen LogP contribution >= 0.6 is 0 Å². The molecule has 1 heterocycles. The van der Waals surface area contributed by atoms with Crippen LogP contribution in [-0.2, 0) is 23.1 Å². The maximum absolute atomic E-state index is 13.3. The van der Waals surface area contributed by atoms with Gasteiger partial charge in [-0.3, -0.25) is 4.79 Å². The lowest BCUT2D eigenvalue weighted by molar-refractivity contribution is -0.133. The molecule has 0 spiro atoms. The van der Waals surface area contributed by atoms with Crippen molar-refractivity contribution in [1.82, 2.24) is 14.4 Å². The molecule has 0 atom stereocenters. The smallest absolute Gasteiger partial charge is 0.322 e. The molecule has 0 radical (unpaired) electrons. The second kappa shape index (κ2) is 9.87. The second-order valence-corrected chi connectivity index (χ2v) is 8.23. The highest BCUT2D eigenvalue weighted by atomic mass is 16.5. The van der Waals surface area contributed by atoms with Crippen LogP contribution in [0.1, 0.15) is 18.5 Å². The number of aromatic nitrogens is 1. The number of carbonyl (C=O) groups is 2. The van der Waals surface area contributed by atoms with Gasteiger partial charge in [0.15, 0.2) is 0 Å². The zero-order chi connectivity index (χ0) is 22.5. The Morgan fingerprint density at radius 1 is 1.09 bits per heavy atom. The van der Waals surface area contributed by atoms with Gasteiger partial charge in [0.05, 0.1) is 18.8 Å². The number of amides is 3. The molecule has 168 valence electrons. The summed E-state index contributed by atoms with van der Waals surface area (Å²) in [6.07, 6.45) is 4.00. The molecule has 2 aromatic carbocycles. The van der Waals surface area contributed by atoms with Crippen LogP contribution < -0.4 is 5.32 Å². The first-order valence-electron chi connectivity index (χ1n) is 11.0. The maximum atomic E-state index is 13.3. The molecule has 32 heavy (non-hydrogen) atoms. The third kappa shape index (κ3) is 5.11. The molecule has 1 aliphatic carbocycles. The van der Waals surface area contributed by atoms with Crippen LogP contribution in [0.3, 0.4) is 0 Å². The Labute approximate surface area is 188 Å². The van der Waals surface area contributed by atoms with E-state index >= 15 is 0 Å². The predicted octanol–water partition coefficient (Wildman–Crippen LogP) is 3.85. The minimum absolute atomic E-state index is 0.0148. The van der Waals surface area contributed by atoms with Crippen molar-refractivity contribution in [2.45, 2.75) is 25.4 Å². The highest BCUT2D eigenvalue weighted by Crippen LogP contribution is 2.29. The third-order valence-electron chi connectivity index (χ3n) is 5.90. The molecule has 7 heteroatoms. The van der Waals surface area contributed by atoms with Crippen molar-refractivity contribution in [1.29, 1.82) is 0 Å². The van der Waals surface area contributed by atoms with Crippen molar-refractivity contribution in [3.8, 4) is 0 Å². The van der Waals surface area contributed by atoms with Crippen molar-refractivity contribution in [2.24, 2.45) is 7.05 Å². The van der Waals surface area contributed by atoms with E-state index in [1.807, 2.05) is 77.3 Å². The van der Waals surface area contributed by atoms with Gasteiger partial charge in [-0.1, -0.05) is 36.4 Å². The molecular formula is C25H30N4O3. The summed E-state index contributed by atoms with van der Waals surface area (Å²) in [6, 6.07) is 17.7. The number of rotatable bonds is 9. The van der Waals surface area contributed by atoms with Crippen molar-refractivity contribution in [2.75, 3.05) is 32.1 Å². The maximum Gasteiger partial charge on any atom is 0.322 e. The van der Waals surface area contributed by atoms with Gasteiger partial charge in [-0.2, -0.15) is 0 Å². The predicted molar refractivity (Wildman–Crippen MR) is 125 cm³/mol. The number of urea groups is 1. The fraction of sp³-hybridized carbons (Fsp3) is 0.360. The lowest BCUT2D eigenvalue weighted by atomic mass is 10.1. The number of anilines is 1. The van der Waals surface area contributed by atoms with E-state index in [2.05, 4.69) is 5.32 Å². The SMILES string of the molecule is COCCN(CC(=O)N(Cc1cccn1C)C1CC1)C(=O)Nc1cccc2ccccc12. The number of nitrogens with zero attached hydrogens (tertiary/aromatic N) is 3. The number of fused-ring (bicyclic) bond motifs is 1. The van der Waals surface area contributed by atoms with Crippen LogP contribution in [0.25, 0.3) is 10.8 Å². The van der Waals surface area contributed by atoms with Crippen molar-refractivity contribution in [3.63, 3.8) is 0 Å². The van der Waals surface area contributed by atoms with Gasteiger partial charge in [-0.15, -0.1) is 0 Å². The summed E-state index contributed by atoms with van der Waals surface area (Å²) in [6.45, 7) is 1.26. The molecule has 3 aromatic rings. The molecule has 1 aliphatic rings. The molecule has 0 bridgehead atoms. The normalized spacial score (nSPS) is 13.2. The van der Waals surface area contributed by atoms with Gasteiger partial charge in [-0.05, 0) is 36.4 Å². The lowest BCUT2D eigenvalue weighted by Crippen LogP contribution is -2.46. The van der Waals surface area contributed by atoms with Gasteiger partial charge >= 0.3 is 6.03 Å². The Hall–Kier alpha value is -3.32. The highest BCUT2D eigenvalue weighted by Gasteiger charge is 2.34. The van der Waals surface area contributed by atoms with Crippen molar-refractivity contribution >= 4 is 28.4 Å². The quantitative estimate of drug-likeness (QED) is 0.556. The van der Waals surface area contributed by atoms with E-state index in [4.69, 9.17) is 4.74 Å². The van der Waals surface area contributed by atoms with Gasteiger partial charge in [0.2, 0.25) is 5.91 Å². The van der Waals surface area contributed by atoms with Crippen LogP contribution in [0, 0.1) is 0 Å². The van der Waals surface area contributed by atoms with Gasteiger partial charge in [-0.25, -0.2) is 4.79 Å². The van der Waals surface area contributed by atoms with Gasteiger partial charge in [0.1, 0.15) is 6.54 Å². The lowest BCUT2D eigenvalue weighted by Gasteiger charge is -2.28. The third-order valence-corrected chi connectivity index (χ3v) is 5.90. The number of nitrogens with one attached hydrogen (secondary N) is 1. The van der Waals surface area contributed by atoms with Gasteiger partial charge < -0.3 is 24.4 Å². The first-order chi connectivity index (χ1) is 15.6. The van der Waals surface area contributed by atoms with Crippen LogP contribution in [-0.4, -0.2) is 59.2 Å². The average molecular weight is 435 g/mol. The minimum atomic E-state index is -0.304. The number of hydrogen-bond acceptors (Lipinski definition) is 3. The number of carbonyl (C=O) groups excluding carboxylic acids is 2. The standard InChI is InChI=1S/C25H30N4O3/c1-27-14-6-9-21(27)17-29(20-12-13-20)24(30)18-28(15-16-32-2)25(31)26-23-11-5-8-19-7-3-4-10-22(19)23/h3-11,14,20H,12-13,15-18H2,1-2H3,(H,26,31). The molecule has 3 amide bonds. The van der Waals surface area contributed by atoms with Crippen LogP contribution in [0.5, 0.6) is 0 Å². The van der Waals surface area contributed by atoms with E-state index in [0.29, 0.717) is 19.7 Å². The monoisotopic (exact) mass is 434 g/mol. The molecule has 4 rings (SSSR count). The molecule has 0 saturated heterocycles. The van der Waals surface area contributed by atoms with E-state index in [1.54, 1.807) is 7.11 Å². The Bertz CT molecular complexity index is 1080. The Morgan fingerprint density at radius 3 is 2.59 bits per heavy atom. The molecule has 1 N–H and O–H groups in total. The molecular weight excluding hydrogens is 404 g/mol. The molecule has 7 nitrogen and oxygen atoms in total. The Morgan fingerprint density at radius 2 is 1.88 bits per heavy atom. The first-order valence-corrected chi connectivity index (χ1v) is 11.0. The summed E-state index contributed by atoms with van der Waals surface area (Å²) in [5.41, 5.74) is 1.81. The fourth-order valence-electron chi connectivity index (χ4n) is 3.88. The first kappa shape index (κ1) is 21.9. The van der Waals surface area contributed by atoms with Crippen LogP contribution in [0.2, 0.25) is 0 Å².